The number of carbonyl (C=O) groups excluding carboxylic acids is 1. The highest BCUT2D eigenvalue weighted by Gasteiger charge is 2.35. The van der Waals surface area contributed by atoms with Gasteiger partial charge in [0.2, 0.25) is 0 Å². The molecule has 0 atom stereocenters. The zero-order chi connectivity index (χ0) is 24.3. The number of allylic oxidation sites excluding steroid dienone is 1. The number of halogens is 3. The molecular formula is C26H18F3N5O. The minimum Gasteiger partial charge on any atom is -0.323 e. The highest BCUT2D eigenvalue weighted by Crippen LogP contribution is 2.41. The number of amides is 2. The molecule has 6 nitrogen and oxygen atoms in total. The van der Waals surface area contributed by atoms with Crippen LogP contribution in [0, 0.1) is 0 Å². The number of urea groups is 1. The van der Waals surface area contributed by atoms with Crippen LogP contribution >= 0.6 is 0 Å². The molecule has 0 spiro atoms. The molecule has 4 heterocycles. The fraction of sp³-hybridized carbons (Fsp3) is 0.154. The summed E-state index contributed by atoms with van der Waals surface area (Å²) in [4.78, 5) is 29.9. The largest absolute Gasteiger partial charge is 0.416 e. The van der Waals surface area contributed by atoms with Crippen LogP contribution < -0.4 is 4.90 Å². The second kappa shape index (κ2) is 7.63. The normalized spacial score (nSPS) is 15.0. The molecule has 4 aromatic rings. The number of carbonyl (C=O) groups is 1. The van der Waals surface area contributed by atoms with E-state index < -0.39 is 17.8 Å². The molecule has 9 heteroatoms. The first-order chi connectivity index (χ1) is 16.8. The molecule has 0 N–H and O–H groups in total. The number of pyridine rings is 3. The van der Waals surface area contributed by atoms with E-state index in [1.807, 2.05) is 24.3 Å². The summed E-state index contributed by atoms with van der Waals surface area (Å²) in [6.07, 6.45) is 3.71. The van der Waals surface area contributed by atoms with Gasteiger partial charge in [0.1, 0.15) is 5.52 Å². The molecule has 1 aliphatic carbocycles. The molecule has 2 aliphatic rings. The first-order valence-electron chi connectivity index (χ1n) is 11.0. The van der Waals surface area contributed by atoms with E-state index in [0.29, 0.717) is 28.0 Å². The van der Waals surface area contributed by atoms with E-state index in [1.54, 1.807) is 25.5 Å². The van der Waals surface area contributed by atoms with Gasteiger partial charge in [-0.15, -0.1) is 0 Å². The van der Waals surface area contributed by atoms with Gasteiger partial charge in [0, 0.05) is 37.0 Å². The summed E-state index contributed by atoms with van der Waals surface area (Å²) in [6.45, 7) is 0.268. The van der Waals surface area contributed by atoms with Gasteiger partial charge < -0.3 is 4.90 Å². The fourth-order valence-corrected chi connectivity index (χ4v) is 4.53. The summed E-state index contributed by atoms with van der Waals surface area (Å²) in [5, 5.41) is 0. The van der Waals surface area contributed by atoms with E-state index >= 15 is 0 Å². The first kappa shape index (κ1) is 21.3. The molecular weight excluding hydrogens is 455 g/mol. The number of benzene rings is 1. The van der Waals surface area contributed by atoms with Crippen molar-refractivity contribution in [2.24, 2.45) is 0 Å². The Morgan fingerprint density at radius 1 is 1.03 bits per heavy atom. The molecule has 6 rings (SSSR count). The van der Waals surface area contributed by atoms with Crippen LogP contribution in [0.5, 0.6) is 0 Å². The maximum atomic E-state index is 13.4. The van der Waals surface area contributed by atoms with Gasteiger partial charge in [-0.05, 0) is 42.0 Å². The number of hydrogen-bond acceptors (Lipinski definition) is 4. The predicted molar refractivity (Wildman–Crippen MR) is 126 cm³/mol. The van der Waals surface area contributed by atoms with E-state index in [9.17, 15) is 18.0 Å². The minimum atomic E-state index is -4.54. The average Bonchev–Trinajstić information content (AvgIpc) is 3.32. The number of fused-ring (bicyclic) bond motifs is 4. The summed E-state index contributed by atoms with van der Waals surface area (Å²) in [5.41, 5.74) is 4.86. The van der Waals surface area contributed by atoms with Crippen LogP contribution in [0.15, 0.2) is 60.9 Å². The number of alkyl halides is 3. The maximum Gasteiger partial charge on any atom is 0.416 e. The minimum absolute atomic E-state index is 0.113. The smallest absolute Gasteiger partial charge is 0.323 e. The quantitative estimate of drug-likeness (QED) is 0.359. The maximum absolute atomic E-state index is 13.4. The highest BCUT2D eigenvalue weighted by atomic mass is 19.4. The predicted octanol–water partition coefficient (Wildman–Crippen LogP) is 5.98. The first-order valence-corrected chi connectivity index (χ1v) is 11.0. The second-order valence-electron chi connectivity index (χ2n) is 8.58. The zero-order valence-corrected chi connectivity index (χ0v) is 18.5. The topological polar surface area (TPSA) is 62.2 Å². The van der Waals surface area contributed by atoms with Crippen molar-refractivity contribution in [3.8, 4) is 11.3 Å². The molecule has 2 amide bonds. The zero-order valence-electron chi connectivity index (χ0n) is 18.5. The molecule has 0 saturated carbocycles. The molecule has 3 aromatic heterocycles. The van der Waals surface area contributed by atoms with Crippen LogP contribution in [0.2, 0.25) is 0 Å². The Morgan fingerprint density at radius 2 is 1.89 bits per heavy atom. The van der Waals surface area contributed by atoms with Crippen molar-refractivity contribution in [3.63, 3.8) is 0 Å². The van der Waals surface area contributed by atoms with Crippen molar-refractivity contribution >= 4 is 34.5 Å². The SMILES string of the molecule is CN1Cc2cnc3ccc(-c4cnc5c(c4)C=CC5)nc3c2N(c2cccc(C(F)(F)F)c2)C1=O. The molecule has 174 valence electrons. The summed E-state index contributed by atoms with van der Waals surface area (Å²) < 4.78 is 40.3. The lowest BCUT2D eigenvalue weighted by molar-refractivity contribution is -0.137. The molecule has 1 aliphatic heterocycles. The van der Waals surface area contributed by atoms with Crippen molar-refractivity contribution in [3.05, 3.63) is 83.3 Å². The van der Waals surface area contributed by atoms with Crippen molar-refractivity contribution < 1.29 is 18.0 Å². The Hall–Kier alpha value is -4.27. The molecule has 0 unspecified atom stereocenters. The van der Waals surface area contributed by atoms with E-state index in [0.717, 1.165) is 35.4 Å². The van der Waals surface area contributed by atoms with Gasteiger partial charge in [-0.25, -0.2) is 9.78 Å². The monoisotopic (exact) mass is 473 g/mol. The number of aromatic nitrogens is 3. The Balaban J connectivity index is 1.56. The Morgan fingerprint density at radius 3 is 2.71 bits per heavy atom. The van der Waals surface area contributed by atoms with Gasteiger partial charge in [-0.3, -0.25) is 14.9 Å². The van der Waals surface area contributed by atoms with Crippen molar-refractivity contribution in [2.45, 2.75) is 19.1 Å². The van der Waals surface area contributed by atoms with Crippen LogP contribution in [0.1, 0.15) is 22.4 Å². The van der Waals surface area contributed by atoms with Gasteiger partial charge in [-0.1, -0.05) is 18.2 Å². The lowest BCUT2D eigenvalue weighted by atomic mass is 10.1. The molecule has 35 heavy (non-hydrogen) atoms. The van der Waals surface area contributed by atoms with Crippen molar-refractivity contribution in [2.75, 3.05) is 11.9 Å². The third-order valence-electron chi connectivity index (χ3n) is 6.25. The number of rotatable bonds is 2. The van der Waals surface area contributed by atoms with Crippen molar-refractivity contribution in [1.82, 2.24) is 19.9 Å². The van der Waals surface area contributed by atoms with Crippen LogP contribution in [0.4, 0.5) is 29.3 Å². The van der Waals surface area contributed by atoms with Crippen LogP contribution in [-0.4, -0.2) is 32.9 Å². The highest BCUT2D eigenvalue weighted by molar-refractivity contribution is 6.08. The van der Waals surface area contributed by atoms with Crippen LogP contribution in [0.3, 0.4) is 0 Å². The summed E-state index contributed by atoms with van der Waals surface area (Å²) in [5.74, 6) is 0. The standard InChI is InChI=1S/C26H18F3N5O/c1-33-14-17-13-31-22-9-8-21(16-10-15-4-2-7-20(15)30-12-16)32-23(22)24(17)34(25(33)35)19-6-3-5-18(11-19)26(27,28)29/h2-6,8-13H,7,14H2,1H3. The Kier molecular flexibility index (Phi) is 4.64. The summed E-state index contributed by atoms with van der Waals surface area (Å²) in [6, 6.07) is 9.94. The Bertz CT molecular complexity index is 1550. The summed E-state index contributed by atoms with van der Waals surface area (Å²) >= 11 is 0. The summed E-state index contributed by atoms with van der Waals surface area (Å²) in [7, 11) is 1.60. The molecule has 1 aromatic carbocycles. The third-order valence-corrected chi connectivity index (χ3v) is 6.25. The third kappa shape index (κ3) is 3.51. The van der Waals surface area contributed by atoms with E-state index in [2.05, 4.69) is 9.97 Å². The average molecular weight is 473 g/mol. The second-order valence-corrected chi connectivity index (χ2v) is 8.58. The number of anilines is 2. The lowest BCUT2D eigenvalue weighted by Gasteiger charge is -2.35. The molecule has 0 saturated heterocycles. The van der Waals surface area contributed by atoms with E-state index in [4.69, 9.17) is 4.98 Å². The lowest BCUT2D eigenvalue weighted by Crippen LogP contribution is -2.42. The molecule has 0 radical (unpaired) electrons. The van der Waals surface area contributed by atoms with Crippen LogP contribution in [0.25, 0.3) is 28.4 Å². The number of nitrogens with zero attached hydrogens (tertiary/aromatic N) is 5. The van der Waals surface area contributed by atoms with Gasteiger partial charge in [-0.2, -0.15) is 13.2 Å². The van der Waals surface area contributed by atoms with E-state index in [-0.39, 0.29) is 12.2 Å². The fourth-order valence-electron chi connectivity index (χ4n) is 4.53. The van der Waals surface area contributed by atoms with Crippen LogP contribution in [-0.2, 0) is 19.1 Å². The Labute approximate surface area is 198 Å². The molecule has 0 fully saturated rings. The van der Waals surface area contributed by atoms with E-state index in [1.165, 1.54) is 21.9 Å². The van der Waals surface area contributed by atoms with Crippen molar-refractivity contribution in [1.29, 1.82) is 0 Å². The number of hydrogen-bond donors (Lipinski definition) is 0. The van der Waals surface area contributed by atoms with Gasteiger partial charge in [0.15, 0.2) is 0 Å². The molecule has 0 bridgehead atoms. The van der Waals surface area contributed by atoms with Gasteiger partial charge in [0.25, 0.3) is 0 Å². The van der Waals surface area contributed by atoms with Gasteiger partial charge in [0.05, 0.1) is 40.4 Å². The van der Waals surface area contributed by atoms with Gasteiger partial charge >= 0.3 is 12.2 Å².